The first kappa shape index (κ1) is 12.3. The Morgan fingerprint density at radius 1 is 1.26 bits per heavy atom. The van der Waals surface area contributed by atoms with Gasteiger partial charge in [0.25, 0.3) is 0 Å². The summed E-state index contributed by atoms with van der Waals surface area (Å²) < 4.78 is 2.33. The van der Waals surface area contributed by atoms with E-state index in [1.54, 1.807) is 0 Å². The van der Waals surface area contributed by atoms with Crippen LogP contribution in [-0.4, -0.2) is 14.8 Å². The number of H-pyrrole nitrogens is 1. The van der Waals surface area contributed by atoms with Crippen molar-refractivity contribution in [2.45, 2.75) is 45.6 Å². The van der Waals surface area contributed by atoms with Crippen molar-refractivity contribution in [1.29, 1.82) is 0 Å². The van der Waals surface area contributed by atoms with E-state index in [-0.39, 0.29) is 5.54 Å². The molecule has 0 aliphatic rings. The highest BCUT2D eigenvalue weighted by Crippen LogP contribution is 2.31. The summed E-state index contributed by atoms with van der Waals surface area (Å²) in [6.07, 6.45) is 7.47. The first-order chi connectivity index (χ1) is 9.18. The molecule has 3 nitrogen and oxygen atoms in total. The molecule has 100 valence electrons. The summed E-state index contributed by atoms with van der Waals surface area (Å²) in [6.45, 7) is 6.84. The van der Waals surface area contributed by atoms with Crippen LogP contribution < -0.4 is 0 Å². The molecule has 1 N–H and O–H groups in total. The Kier molecular flexibility index (Phi) is 2.85. The molecular weight excluding hydrogens is 234 g/mol. The van der Waals surface area contributed by atoms with Crippen LogP contribution in [0.15, 0.2) is 30.6 Å². The molecule has 1 aromatic carbocycles. The van der Waals surface area contributed by atoms with Crippen LogP contribution in [0.5, 0.6) is 0 Å². The highest BCUT2D eigenvalue weighted by Gasteiger charge is 2.25. The normalized spacial score (nSPS) is 15.1. The van der Waals surface area contributed by atoms with Crippen molar-refractivity contribution in [3.63, 3.8) is 0 Å². The highest BCUT2D eigenvalue weighted by molar-refractivity contribution is 5.95. The Morgan fingerprint density at radius 2 is 2.11 bits per heavy atom. The molecular formula is C16H21N3. The molecule has 0 spiro atoms. The van der Waals surface area contributed by atoms with Gasteiger partial charge in [-0.05, 0) is 38.0 Å². The smallest absolute Gasteiger partial charge is 0.0710 e. The van der Waals surface area contributed by atoms with Crippen molar-refractivity contribution >= 4 is 21.8 Å². The molecule has 1 unspecified atom stereocenters. The zero-order valence-electron chi connectivity index (χ0n) is 11.9. The third-order valence-corrected chi connectivity index (χ3v) is 4.32. The fraction of sp³-hybridized carbons (Fsp3) is 0.438. The molecule has 19 heavy (non-hydrogen) atoms. The Balaban J connectivity index is 2.23. The summed E-state index contributed by atoms with van der Waals surface area (Å²) in [5.74, 6) is 0. The molecule has 0 saturated heterocycles. The summed E-state index contributed by atoms with van der Waals surface area (Å²) in [7, 11) is 0. The van der Waals surface area contributed by atoms with Crippen LogP contribution in [0.3, 0.4) is 0 Å². The maximum atomic E-state index is 4.37. The molecule has 0 aliphatic carbocycles. The number of rotatable bonds is 4. The van der Waals surface area contributed by atoms with Crippen LogP contribution in [0.2, 0.25) is 0 Å². The minimum atomic E-state index is 0.157. The van der Waals surface area contributed by atoms with Crippen LogP contribution in [-0.2, 0) is 5.54 Å². The fourth-order valence-corrected chi connectivity index (χ4v) is 3.00. The number of aromatic nitrogens is 3. The molecule has 1 atom stereocenters. The number of fused-ring (bicyclic) bond motifs is 2. The monoisotopic (exact) mass is 255 g/mol. The van der Waals surface area contributed by atoms with Crippen molar-refractivity contribution in [2.24, 2.45) is 0 Å². The van der Waals surface area contributed by atoms with Gasteiger partial charge in [-0.1, -0.05) is 20.3 Å². The van der Waals surface area contributed by atoms with Crippen LogP contribution in [0, 0.1) is 0 Å². The van der Waals surface area contributed by atoms with Gasteiger partial charge in [-0.2, -0.15) is 0 Å². The van der Waals surface area contributed by atoms with Crippen molar-refractivity contribution in [2.75, 3.05) is 0 Å². The zero-order valence-corrected chi connectivity index (χ0v) is 11.9. The second kappa shape index (κ2) is 4.41. The average Bonchev–Trinajstić information content (AvgIpc) is 3.01. The Bertz CT molecular complexity index is 707. The van der Waals surface area contributed by atoms with E-state index < -0.39 is 0 Å². The quantitative estimate of drug-likeness (QED) is 0.734. The number of nitrogens with zero attached hydrogens (tertiary/aromatic N) is 2. The van der Waals surface area contributed by atoms with Crippen LogP contribution in [0.4, 0.5) is 0 Å². The molecule has 0 fully saturated rings. The van der Waals surface area contributed by atoms with E-state index in [0.29, 0.717) is 0 Å². The van der Waals surface area contributed by atoms with Gasteiger partial charge in [0.1, 0.15) is 0 Å². The second-order valence-electron chi connectivity index (χ2n) is 5.62. The van der Waals surface area contributed by atoms with Crippen LogP contribution >= 0.6 is 0 Å². The number of nitrogens with one attached hydrogen (secondary N) is 1. The molecule has 3 heteroatoms. The van der Waals surface area contributed by atoms with E-state index in [2.05, 4.69) is 59.9 Å². The molecule has 2 heterocycles. The lowest BCUT2D eigenvalue weighted by atomic mass is 9.93. The Morgan fingerprint density at radius 3 is 2.84 bits per heavy atom. The van der Waals surface area contributed by atoms with Gasteiger partial charge in [0.15, 0.2) is 0 Å². The summed E-state index contributed by atoms with van der Waals surface area (Å²) in [5, 5.41) is 5.90. The van der Waals surface area contributed by atoms with Gasteiger partial charge in [-0.15, -0.1) is 0 Å². The van der Waals surface area contributed by atoms with Crippen molar-refractivity contribution < 1.29 is 0 Å². The topological polar surface area (TPSA) is 33.6 Å². The summed E-state index contributed by atoms with van der Waals surface area (Å²) in [4.78, 5) is 4.37. The van der Waals surface area contributed by atoms with Crippen molar-refractivity contribution in [3.8, 4) is 0 Å². The first-order valence-electron chi connectivity index (χ1n) is 7.13. The standard InChI is InChI=1S/C16H21N3/c1-4-7-16(3,5-2)19-15-10-12-6-8-17-14(12)9-13(15)11-18-19/h6,8-11,18H,4-5,7H2,1-3H3. The zero-order chi connectivity index (χ0) is 13.5. The number of hydrogen-bond donors (Lipinski definition) is 1. The van der Waals surface area contributed by atoms with Gasteiger partial charge in [0.2, 0.25) is 0 Å². The predicted molar refractivity (Wildman–Crippen MR) is 80.4 cm³/mol. The Hall–Kier alpha value is -1.77. The molecule has 0 saturated carbocycles. The lowest BCUT2D eigenvalue weighted by Gasteiger charge is -2.30. The number of aromatic amines is 1. The minimum absolute atomic E-state index is 0.157. The maximum absolute atomic E-state index is 4.37. The van der Waals surface area contributed by atoms with Crippen molar-refractivity contribution in [3.05, 3.63) is 30.6 Å². The molecule has 3 aromatic rings. The SMILES string of the molecule is CCCC(C)(CC)n1[nH]cc2cc3nccc3cc21. The van der Waals surface area contributed by atoms with E-state index in [1.807, 2.05) is 6.20 Å². The molecule has 0 aliphatic heterocycles. The maximum Gasteiger partial charge on any atom is 0.0710 e. The van der Waals surface area contributed by atoms with E-state index in [9.17, 15) is 0 Å². The number of hydrogen-bond acceptors (Lipinski definition) is 1. The van der Waals surface area contributed by atoms with Crippen LogP contribution in [0.25, 0.3) is 21.8 Å². The fourth-order valence-electron chi connectivity index (χ4n) is 3.00. The third kappa shape index (κ3) is 1.84. The van der Waals surface area contributed by atoms with Gasteiger partial charge in [-0.3, -0.25) is 9.67 Å². The van der Waals surface area contributed by atoms with Gasteiger partial charge in [0, 0.05) is 23.2 Å². The van der Waals surface area contributed by atoms with E-state index >= 15 is 0 Å². The van der Waals surface area contributed by atoms with Crippen molar-refractivity contribution in [1.82, 2.24) is 14.8 Å². The van der Waals surface area contributed by atoms with Crippen LogP contribution in [0.1, 0.15) is 40.0 Å². The molecule has 0 amide bonds. The largest absolute Gasteiger partial charge is 0.304 e. The number of benzene rings is 1. The summed E-state index contributed by atoms with van der Waals surface area (Å²) >= 11 is 0. The predicted octanol–water partition coefficient (Wildman–Crippen LogP) is 4.44. The van der Waals surface area contributed by atoms with Gasteiger partial charge in [-0.25, -0.2) is 0 Å². The van der Waals surface area contributed by atoms with E-state index in [0.717, 1.165) is 11.9 Å². The van der Waals surface area contributed by atoms with E-state index in [1.165, 1.54) is 29.1 Å². The van der Waals surface area contributed by atoms with Gasteiger partial charge < -0.3 is 5.10 Å². The first-order valence-corrected chi connectivity index (χ1v) is 7.13. The molecule has 3 rings (SSSR count). The van der Waals surface area contributed by atoms with E-state index in [4.69, 9.17) is 0 Å². The Labute approximate surface area is 113 Å². The molecule has 0 bridgehead atoms. The minimum Gasteiger partial charge on any atom is -0.304 e. The lowest BCUT2D eigenvalue weighted by molar-refractivity contribution is 0.260. The molecule has 0 radical (unpaired) electrons. The summed E-state index contributed by atoms with van der Waals surface area (Å²) in [6, 6.07) is 6.49. The van der Waals surface area contributed by atoms with Gasteiger partial charge >= 0.3 is 0 Å². The third-order valence-electron chi connectivity index (χ3n) is 4.32. The highest BCUT2D eigenvalue weighted by atomic mass is 15.3. The van der Waals surface area contributed by atoms with Gasteiger partial charge in [0.05, 0.1) is 16.6 Å². The molecule has 2 aromatic heterocycles. The summed E-state index contributed by atoms with van der Waals surface area (Å²) in [5.41, 5.74) is 2.51. The lowest BCUT2D eigenvalue weighted by Crippen LogP contribution is -2.30. The second-order valence-corrected chi connectivity index (χ2v) is 5.62. The average molecular weight is 255 g/mol.